The Kier molecular flexibility index (Phi) is 4.40. The molecule has 0 aliphatic rings. The quantitative estimate of drug-likeness (QED) is 0.934. The van der Waals surface area contributed by atoms with Crippen LogP contribution in [0.3, 0.4) is 0 Å². The lowest BCUT2D eigenvalue weighted by Gasteiger charge is -2.21. The molecule has 2 rings (SSSR count). The van der Waals surface area contributed by atoms with Crippen LogP contribution in [0.5, 0.6) is 0 Å². The first-order chi connectivity index (χ1) is 9.88. The van der Waals surface area contributed by atoms with E-state index in [9.17, 15) is 4.79 Å². The third-order valence-electron chi connectivity index (χ3n) is 3.61. The van der Waals surface area contributed by atoms with Crippen molar-refractivity contribution in [3.05, 3.63) is 46.8 Å². The molecule has 0 saturated carbocycles. The smallest absolute Gasteiger partial charge is 0.317 e. The Hall–Kier alpha value is -2.17. The fourth-order valence-corrected chi connectivity index (χ4v) is 2.36. The second-order valence-corrected chi connectivity index (χ2v) is 5.40. The summed E-state index contributed by atoms with van der Waals surface area (Å²) >= 11 is 0. The molecule has 0 fully saturated rings. The summed E-state index contributed by atoms with van der Waals surface area (Å²) in [5, 5.41) is 2.98. The lowest BCUT2D eigenvalue weighted by atomic mass is 10.1. The van der Waals surface area contributed by atoms with Gasteiger partial charge in [-0.3, -0.25) is 0 Å². The Morgan fingerprint density at radius 2 is 2.05 bits per heavy atom. The largest absolute Gasteiger partial charge is 0.469 e. The Balaban J connectivity index is 1.97. The topological polar surface area (TPSA) is 58.6 Å². The zero-order valence-electron chi connectivity index (χ0n) is 13.2. The van der Waals surface area contributed by atoms with E-state index in [-0.39, 0.29) is 12.1 Å². The standard InChI is InChI=1S/C16H22N2O3/c1-10-8-15(13(4)21-10)11(2)17-16(19)18(5)9-14-6-7-20-12(14)3/h6-8,11H,9H2,1-5H3,(H,17,19)/t11-/m0/s1. The van der Waals surface area contributed by atoms with Crippen molar-refractivity contribution < 1.29 is 13.6 Å². The van der Waals surface area contributed by atoms with Gasteiger partial charge >= 0.3 is 6.03 Å². The highest BCUT2D eigenvalue weighted by Crippen LogP contribution is 2.21. The van der Waals surface area contributed by atoms with Gasteiger partial charge in [0.25, 0.3) is 0 Å². The molecular formula is C16H22N2O3. The minimum atomic E-state index is -0.124. The fraction of sp³-hybridized carbons (Fsp3) is 0.438. The molecule has 0 saturated heterocycles. The average Bonchev–Trinajstić information content (AvgIpc) is 2.95. The summed E-state index contributed by atoms with van der Waals surface area (Å²) in [6.07, 6.45) is 1.64. The predicted molar refractivity (Wildman–Crippen MR) is 80.0 cm³/mol. The molecule has 0 aliphatic heterocycles. The second kappa shape index (κ2) is 6.08. The molecule has 0 unspecified atom stereocenters. The van der Waals surface area contributed by atoms with Crippen LogP contribution in [0.2, 0.25) is 0 Å². The predicted octanol–water partition coefficient (Wildman–Crippen LogP) is 3.70. The lowest BCUT2D eigenvalue weighted by molar-refractivity contribution is 0.203. The number of rotatable bonds is 4. The third-order valence-corrected chi connectivity index (χ3v) is 3.61. The Bertz CT molecular complexity index is 627. The zero-order valence-corrected chi connectivity index (χ0v) is 13.2. The average molecular weight is 290 g/mol. The SMILES string of the molecule is Cc1cc([C@H](C)NC(=O)N(C)Cc2ccoc2C)c(C)o1. The Labute approximate surface area is 124 Å². The van der Waals surface area contributed by atoms with Gasteiger partial charge in [-0.15, -0.1) is 0 Å². The molecule has 2 aromatic rings. The van der Waals surface area contributed by atoms with Gasteiger partial charge in [-0.1, -0.05) is 0 Å². The van der Waals surface area contributed by atoms with E-state index in [1.54, 1.807) is 18.2 Å². The van der Waals surface area contributed by atoms with Crippen LogP contribution in [0.4, 0.5) is 4.79 Å². The molecular weight excluding hydrogens is 268 g/mol. The number of amides is 2. The molecule has 1 N–H and O–H groups in total. The number of carbonyl (C=O) groups is 1. The van der Waals surface area contributed by atoms with Crippen LogP contribution < -0.4 is 5.32 Å². The van der Waals surface area contributed by atoms with Gasteiger partial charge in [-0.05, 0) is 39.8 Å². The van der Waals surface area contributed by atoms with E-state index in [1.807, 2.05) is 39.8 Å². The normalized spacial score (nSPS) is 12.2. The van der Waals surface area contributed by atoms with Gasteiger partial charge in [0.05, 0.1) is 18.8 Å². The van der Waals surface area contributed by atoms with Gasteiger partial charge in [-0.2, -0.15) is 0 Å². The van der Waals surface area contributed by atoms with Crippen LogP contribution in [0, 0.1) is 20.8 Å². The number of nitrogens with zero attached hydrogens (tertiary/aromatic N) is 1. The molecule has 2 heterocycles. The molecule has 0 spiro atoms. The van der Waals surface area contributed by atoms with Crippen molar-refractivity contribution in [2.24, 2.45) is 0 Å². The highest BCUT2D eigenvalue weighted by atomic mass is 16.3. The lowest BCUT2D eigenvalue weighted by Crippen LogP contribution is -2.38. The van der Waals surface area contributed by atoms with Crippen LogP contribution in [0.1, 0.15) is 41.4 Å². The van der Waals surface area contributed by atoms with Crippen LogP contribution in [0.15, 0.2) is 27.2 Å². The first kappa shape index (κ1) is 15.2. The molecule has 1 atom stereocenters. The van der Waals surface area contributed by atoms with Crippen LogP contribution in [-0.4, -0.2) is 18.0 Å². The highest BCUT2D eigenvalue weighted by Gasteiger charge is 2.18. The van der Waals surface area contributed by atoms with Crippen molar-refractivity contribution in [3.63, 3.8) is 0 Å². The van der Waals surface area contributed by atoms with Crippen molar-refractivity contribution in [2.45, 2.75) is 40.3 Å². The van der Waals surface area contributed by atoms with Crippen molar-refractivity contribution in [2.75, 3.05) is 7.05 Å². The van der Waals surface area contributed by atoms with Gasteiger partial charge in [0.15, 0.2) is 0 Å². The van der Waals surface area contributed by atoms with E-state index in [1.165, 1.54) is 0 Å². The molecule has 2 aromatic heterocycles. The van der Waals surface area contributed by atoms with Gasteiger partial charge in [0.1, 0.15) is 17.3 Å². The number of nitrogens with one attached hydrogen (secondary N) is 1. The maximum Gasteiger partial charge on any atom is 0.317 e. The minimum Gasteiger partial charge on any atom is -0.469 e. The molecule has 5 nitrogen and oxygen atoms in total. The summed E-state index contributed by atoms with van der Waals surface area (Å²) in [5.74, 6) is 2.53. The molecule has 0 bridgehead atoms. The number of furan rings is 2. The Morgan fingerprint density at radius 1 is 1.33 bits per heavy atom. The van der Waals surface area contributed by atoms with Crippen LogP contribution >= 0.6 is 0 Å². The number of urea groups is 1. The van der Waals surface area contributed by atoms with Gasteiger partial charge in [0, 0.05) is 18.2 Å². The summed E-state index contributed by atoms with van der Waals surface area (Å²) in [4.78, 5) is 13.9. The van der Waals surface area contributed by atoms with Crippen molar-refractivity contribution in [1.29, 1.82) is 0 Å². The summed E-state index contributed by atoms with van der Waals surface area (Å²) < 4.78 is 10.7. The monoisotopic (exact) mass is 290 g/mol. The maximum absolute atomic E-state index is 12.2. The summed E-state index contributed by atoms with van der Waals surface area (Å²) in [7, 11) is 1.77. The summed E-state index contributed by atoms with van der Waals surface area (Å²) in [5.41, 5.74) is 2.02. The second-order valence-electron chi connectivity index (χ2n) is 5.40. The molecule has 114 valence electrons. The van der Waals surface area contributed by atoms with E-state index in [4.69, 9.17) is 8.83 Å². The molecule has 0 radical (unpaired) electrons. The van der Waals surface area contributed by atoms with Crippen LogP contribution in [-0.2, 0) is 6.54 Å². The summed E-state index contributed by atoms with van der Waals surface area (Å²) in [6, 6.07) is 3.62. The van der Waals surface area contributed by atoms with Gasteiger partial charge in [-0.25, -0.2) is 4.79 Å². The molecule has 21 heavy (non-hydrogen) atoms. The van der Waals surface area contributed by atoms with E-state index >= 15 is 0 Å². The van der Waals surface area contributed by atoms with Crippen LogP contribution in [0.25, 0.3) is 0 Å². The first-order valence-electron chi connectivity index (χ1n) is 7.00. The molecule has 2 amide bonds. The zero-order chi connectivity index (χ0) is 15.6. The van der Waals surface area contributed by atoms with E-state index < -0.39 is 0 Å². The number of aryl methyl sites for hydroxylation is 3. The van der Waals surface area contributed by atoms with E-state index in [0.717, 1.165) is 28.4 Å². The molecule has 0 aliphatic carbocycles. The maximum atomic E-state index is 12.2. The number of carbonyl (C=O) groups excluding carboxylic acids is 1. The summed E-state index contributed by atoms with van der Waals surface area (Å²) in [6.45, 7) is 8.17. The van der Waals surface area contributed by atoms with Gasteiger partial charge in [0.2, 0.25) is 0 Å². The van der Waals surface area contributed by atoms with Gasteiger partial charge < -0.3 is 19.1 Å². The van der Waals surface area contributed by atoms with E-state index in [2.05, 4.69) is 5.32 Å². The molecule has 0 aromatic carbocycles. The first-order valence-corrected chi connectivity index (χ1v) is 7.00. The minimum absolute atomic E-state index is 0.0946. The number of hydrogen-bond donors (Lipinski definition) is 1. The third kappa shape index (κ3) is 3.48. The number of hydrogen-bond acceptors (Lipinski definition) is 3. The highest BCUT2D eigenvalue weighted by molar-refractivity contribution is 5.74. The van der Waals surface area contributed by atoms with Crippen molar-refractivity contribution in [1.82, 2.24) is 10.2 Å². The fourth-order valence-electron chi connectivity index (χ4n) is 2.36. The Morgan fingerprint density at radius 3 is 2.57 bits per heavy atom. The molecule has 5 heteroatoms. The van der Waals surface area contributed by atoms with E-state index in [0.29, 0.717) is 6.54 Å². The van der Waals surface area contributed by atoms with Crippen molar-refractivity contribution in [3.8, 4) is 0 Å². The van der Waals surface area contributed by atoms with Crippen molar-refractivity contribution >= 4 is 6.03 Å².